The first-order chi connectivity index (χ1) is 7.24. The minimum Gasteiger partial charge on any atom is -0.384 e. The molecule has 4 nitrogen and oxygen atoms in total. The van der Waals surface area contributed by atoms with E-state index >= 15 is 0 Å². The number of nitrogen functional groups attached to an aromatic ring is 2. The number of aromatic nitrogens is 2. The molecule has 0 spiro atoms. The van der Waals surface area contributed by atoms with Crippen molar-refractivity contribution in [1.29, 1.82) is 0 Å². The monoisotopic (exact) mass is 238 g/mol. The highest BCUT2D eigenvalue weighted by Crippen LogP contribution is 2.23. The number of thioether (sulfide) groups is 1. The largest absolute Gasteiger partial charge is 0.384 e. The summed E-state index contributed by atoms with van der Waals surface area (Å²) in [6.45, 7) is 0. The molecule has 15 heavy (non-hydrogen) atoms. The summed E-state index contributed by atoms with van der Waals surface area (Å²) in [5.74, 6) is 1.34. The van der Waals surface area contributed by atoms with Crippen LogP contribution in [0.15, 0.2) is 28.6 Å². The molecule has 6 heteroatoms. The van der Waals surface area contributed by atoms with E-state index in [1.807, 2.05) is 11.4 Å². The molecule has 2 aromatic heterocycles. The number of nitrogens with zero attached hydrogens (tertiary/aromatic N) is 2. The average molecular weight is 238 g/mol. The van der Waals surface area contributed by atoms with Gasteiger partial charge >= 0.3 is 0 Å². The van der Waals surface area contributed by atoms with E-state index in [1.54, 1.807) is 24.0 Å². The van der Waals surface area contributed by atoms with Crippen molar-refractivity contribution in [3.8, 4) is 0 Å². The second-order valence-corrected chi connectivity index (χ2v) is 4.82. The van der Waals surface area contributed by atoms with Crippen molar-refractivity contribution < 1.29 is 0 Å². The molecular formula is C9H10N4S2. The van der Waals surface area contributed by atoms with Gasteiger partial charge in [0.25, 0.3) is 0 Å². The minimum atomic E-state index is 0.539. The van der Waals surface area contributed by atoms with Crippen molar-refractivity contribution in [3.63, 3.8) is 0 Å². The normalized spacial score (nSPS) is 10.4. The van der Waals surface area contributed by atoms with E-state index < -0.39 is 0 Å². The Morgan fingerprint density at radius 2 is 2.20 bits per heavy atom. The quantitative estimate of drug-likeness (QED) is 0.800. The molecule has 0 radical (unpaired) electrons. The van der Waals surface area contributed by atoms with E-state index in [-0.39, 0.29) is 0 Å². The maximum Gasteiger partial charge on any atom is 0.180 e. The van der Waals surface area contributed by atoms with Crippen molar-refractivity contribution >= 4 is 34.0 Å². The number of anilines is 2. The lowest BCUT2D eigenvalue weighted by molar-refractivity contribution is 1.21. The average Bonchev–Trinajstić information content (AvgIpc) is 2.64. The summed E-state index contributed by atoms with van der Waals surface area (Å²) < 4.78 is 0. The first-order valence-corrected chi connectivity index (χ1v) is 6.15. The number of pyridine rings is 1. The summed E-state index contributed by atoms with van der Waals surface area (Å²) in [6, 6.07) is 3.74. The molecule has 0 fully saturated rings. The fourth-order valence-corrected chi connectivity index (χ4v) is 2.45. The molecule has 2 aromatic rings. The lowest BCUT2D eigenvalue weighted by atomic mass is 10.5. The van der Waals surface area contributed by atoms with Gasteiger partial charge in [-0.1, -0.05) is 0 Å². The SMILES string of the molecule is Nc1ccc(SCc2csc(N)n2)cn1. The molecule has 0 aliphatic rings. The Balaban J connectivity index is 1.96. The Bertz CT molecular complexity index is 438. The minimum absolute atomic E-state index is 0.539. The van der Waals surface area contributed by atoms with Crippen molar-refractivity contribution in [3.05, 3.63) is 29.4 Å². The van der Waals surface area contributed by atoms with Crippen LogP contribution in [0, 0.1) is 0 Å². The van der Waals surface area contributed by atoms with Gasteiger partial charge in [-0.25, -0.2) is 9.97 Å². The Labute approximate surface area is 95.7 Å². The van der Waals surface area contributed by atoms with Crippen LogP contribution in [-0.2, 0) is 5.75 Å². The lowest BCUT2D eigenvalue weighted by Crippen LogP contribution is -1.88. The topological polar surface area (TPSA) is 77.8 Å². The molecule has 2 rings (SSSR count). The van der Waals surface area contributed by atoms with Gasteiger partial charge in [-0.05, 0) is 12.1 Å². The third-order valence-electron chi connectivity index (χ3n) is 1.72. The van der Waals surface area contributed by atoms with Gasteiger partial charge in [0.05, 0.1) is 5.69 Å². The third-order valence-corrected chi connectivity index (χ3v) is 3.45. The van der Waals surface area contributed by atoms with Crippen molar-refractivity contribution in [1.82, 2.24) is 9.97 Å². The summed E-state index contributed by atoms with van der Waals surface area (Å²) >= 11 is 3.13. The molecule has 0 aliphatic carbocycles. The maximum atomic E-state index is 5.54. The zero-order valence-corrected chi connectivity index (χ0v) is 9.52. The van der Waals surface area contributed by atoms with Crippen molar-refractivity contribution in [2.75, 3.05) is 11.5 Å². The number of nitrogens with two attached hydrogens (primary N) is 2. The van der Waals surface area contributed by atoms with Gasteiger partial charge in [0.15, 0.2) is 5.13 Å². The van der Waals surface area contributed by atoms with Crippen LogP contribution in [-0.4, -0.2) is 9.97 Å². The highest BCUT2D eigenvalue weighted by Gasteiger charge is 2.00. The first kappa shape index (κ1) is 10.3. The van der Waals surface area contributed by atoms with Gasteiger partial charge in [0, 0.05) is 22.2 Å². The fraction of sp³-hybridized carbons (Fsp3) is 0.111. The zero-order valence-electron chi connectivity index (χ0n) is 7.88. The molecule has 0 bridgehead atoms. The van der Waals surface area contributed by atoms with E-state index in [1.165, 1.54) is 11.3 Å². The number of rotatable bonds is 3. The predicted octanol–water partition coefficient (Wildman–Crippen LogP) is 1.99. The Kier molecular flexibility index (Phi) is 3.08. The molecule has 0 unspecified atom stereocenters. The van der Waals surface area contributed by atoms with E-state index in [0.29, 0.717) is 10.9 Å². The lowest BCUT2D eigenvalue weighted by Gasteiger charge is -1.98. The van der Waals surface area contributed by atoms with Crippen LogP contribution in [0.4, 0.5) is 10.9 Å². The standard InChI is InChI=1S/C9H10N4S2/c10-8-2-1-7(3-12-8)14-4-6-5-15-9(11)13-6/h1-3,5H,4H2,(H2,10,12)(H2,11,13). The van der Waals surface area contributed by atoms with Gasteiger partial charge in [-0.2, -0.15) is 0 Å². The molecular weight excluding hydrogens is 228 g/mol. The van der Waals surface area contributed by atoms with Crippen LogP contribution in [0.1, 0.15) is 5.69 Å². The maximum absolute atomic E-state index is 5.54. The van der Waals surface area contributed by atoms with Gasteiger partial charge in [-0.15, -0.1) is 23.1 Å². The second kappa shape index (κ2) is 4.50. The highest BCUT2D eigenvalue weighted by atomic mass is 32.2. The molecule has 0 amide bonds. The first-order valence-electron chi connectivity index (χ1n) is 4.28. The fourth-order valence-electron chi connectivity index (χ4n) is 1.02. The van der Waals surface area contributed by atoms with Crippen molar-refractivity contribution in [2.24, 2.45) is 0 Å². The molecule has 0 aromatic carbocycles. The summed E-state index contributed by atoms with van der Waals surface area (Å²) in [6.07, 6.45) is 1.76. The Morgan fingerprint density at radius 3 is 2.80 bits per heavy atom. The number of thiazole rings is 1. The molecule has 0 saturated heterocycles. The van der Waals surface area contributed by atoms with E-state index in [0.717, 1.165) is 16.3 Å². The molecule has 2 heterocycles. The van der Waals surface area contributed by atoms with Crippen LogP contribution < -0.4 is 11.5 Å². The second-order valence-electron chi connectivity index (χ2n) is 2.88. The molecule has 78 valence electrons. The van der Waals surface area contributed by atoms with Crippen LogP contribution in [0.2, 0.25) is 0 Å². The highest BCUT2D eigenvalue weighted by molar-refractivity contribution is 7.98. The van der Waals surface area contributed by atoms with E-state index in [9.17, 15) is 0 Å². The predicted molar refractivity (Wildman–Crippen MR) is 64.7 cm³/mol. The molecule has 0 atom stereocenters. The van der Waals surface area contributed by atoms with Gasteiger partial charge in [0.1, 0.15) is 5.82 Å². The van der Waals surface area contributed by atoms with Gasteiger partial charge < -0.3 is 11.5 Å². The summed E-state index contributed by atoms with van der Waals surface area (Å²) in [7, 11) is 0. The van der Waals surface area contributed by atoms with Crippen LogP contribution in [0.25, 0.3) is 0 Å². The van der Waals surface area contributed by atoms with E-state index in [2.05, 4.69) is 9.97 Å². The van der Waals surface area contributed by atoms with Crippen LogP contribution in [0.3, 0.4) is 0 Å². The van der Waals surface area contributed by atoms with E-state index in [4.69, 9.17) is 11.5 Å². The smallest absolute Gasteiger partial charge is 0.180 e. The third kappa shape index (κ3) is 2.84. The number of hydrogen-bond acceptors (Lipinski definition) is 6. The van der Waals surface area contributed by atoms with Gasteiger partial charge in [-0.3, -0.25) is 0 Å². The Morgan fingerprint density at radius 1 is 1.33 bits per heavy atom. The summed E-state index contributed by atoms with van der Waals surface area (Å²) in [4.78, 5) is 9.26. The molecule has 4 N–H and O–H groups in total. The molecule has 0 saturated carbocycles. The number of hydrogen-bond donors (Lipinski definition) is 2. The Hall–Kier alpha value is -1.27. The van der Waals surface area contributed by atoms with Crippen LogP contribution >= 0.6 is 23.1 Å². The summed E-state index contributed by atoms with van der Waals surface area (Å²) in [5, 5.41) is 2.58. The zero-order chi connectivity index (χ0) is 10.7. The molecule has 0 aliphatic heterocycles. The van der Waals surface area contributed by atoms with Crippen molar-refractivity contribution in [2.45, 2.75) is 10.6 Å². The summed E-state index contributed by atoms with van der Waals surface area (Å²) in [5.41, 5.74) is 12.0. The van der Waals surface area contributed by atoms with Gasteiger partial charge in [0.2, 0.25) is 0 Å². The van der Waals surface area contributed by atoms with Crippen LogP contribution in [0.5, 0.6) is 0 Å².